The van der Waals surface area contributed by atoms with Crippen molar-refractivity contribution in [3.63, 3.8) is 0 Å². The number of hydrogen-bond donors (Lipinski definition) is 3. The average molecular weight is 281 g/mol. The number of rotatable bonds is 5. The molecular weight excluding hydrogens is 254 g/mol. The van der Waals surface area contributed by atoms with E-state index in [0.29, 0.717) is 24.4 Å². The van der Waals surface area contributed by atoms with E-state index in [-0.39, 0.29) is 17.0 Å². The number of aromatic nitrogens is 2. The standard InChI is InChI=1S/C15H27N3O2/c1-9(16-8-12(19)7-15(4,5)6)13-10(2)17-11(3)18-14(13)20/h9,12,16,19H,7-8H2,1-6H3,(H,17,18,20). The van der Waals surface area contributed by atoms with Gasteiger partial charge in [-0.25, -0.2) is 4.98 Å². The Hall–Kier alpha value is -1.20. The molecule has 2 atom stereocenters. The Morgan fingerprint density at radius 3 is 2.45 bits per heavy atom. The van der Waals surface area contributed by atoms with Gasteiger partial charge in [-0.15, -0.1) is 0 Å². The van der Waals surface area contributed by atoms with Crippen molar-refractivity contribution in [1.82, 2.24) is 15.3 Å². The van der Waals surface area contributed by atoms with Gasteiger partial charge in [-0.3, -0.25) is 4.79 Å². The maximum absolute atomic E-state index is 12.0. The topological polar surface area (TPSA) is 78.0 Å². The van der Waals surface area contributed by atoms with Crippen LogP contribution in [0.3, 0.4) is 0 Å². The molecule has 0 bridgehead atoms. The van der Waals surface area contributed by atoms with Gasteiger partial charge in [0, 0.05) is 18.3 Å². The summed E-state index contributed by atoms with van der Waals surface area (Å²) in [6.07, 6.45) is 0.295. The van der Waals surface area contributed by atoms with E-state index < -0.39 is 6.10 Å². The molecule has 3 N–H and O–H groups in total. The zero-order valence-corrected chi connectivity index (χ0v) is 13.4. The molecule has 0 radical (unpaired) electrons. The van der Waals surface area contributed by atoms with Crippen molar-refractivity contribution in [3.8, 4) is 0 Å². The van der Waals surface area contributed by atoms with Gasteiger partial charge >= 0.3 is 0 Å². The first-order valence-corrected chi connectivity index (χ1v) is 7.09. The van der Waals surface area contributed by atoms with Gasteiger partial charge in [0.1, 0.15) is 5.82 Å². The molecule has 1 rings (SSSR count). The maximum atomic E-state index is 12.0. The van der Waals surface area contributed by atoms with Crippen LogP contribution in [0.4, 0.5) is 0 Å². The number of nitrogens with one attached hydrogen (secondary N) is 2. The highest BCUT2D eigenvalue weighted by atomic mass is 16.3. The van der Waals surface area contributed by atoms with Gasteiger partial charge in [0.15, 0.2) is 0 Å². The second-order valence-electron chi connectivity index (χ2n) is 6.70. The van der Waals surface area contributed by atoms with Crippen molar-refractivity contribution in [1.29, 1.82) is 0 Å². The zero-order chi connectivity index (χ0) is 15.5. The van der Waals surface area contributed by atoms with E-state index in [2.05, 4.69) is 36.1 Å². The smallest absolute Gasteiger partial charge is 0.255 e. The van der Waals surface area contributed by atoms with Crippen molar-refractivity contribution in [2.24, 2.45) is 5.41 Å². The summed E-state index contributed by atoms with van der Waals surface area (Å²) < 4.78 is 0. The van der Waals surface area contributed by atoms with Crippen molar-refractivity contribution >= 4 is 0 Å². The van der Waals surface area contributed by atoms with Crippen molar-refractivity contribution < 1.29 is 5.11 Å². The number of aromatic amines is 1. The molecule has 2 unspecified atom stereocenters. The van der Waals surface area contributed by atoms with Gasteiger partial charge in [0.05, 0.1) is 11.7 Å². The fourth-order valence-electron chi connectivity index (χ4n) is 2.44. The molecule has 0 saturated heterocycles. The third-order valence-electron chi connectivity index (χ3n) is 3.20. The van der Waals surface area contributed by atoms with E-state index >= 15 is 0 Å². The third kappa shape index (κ3) is 5.06. The number of H-pyrrole nitrogens is 1. The fraction of sp³-hybridized carbons (Fsp3) is 0.733. The second kappa shape index (κ2) is 6.50. The van der Waals surface area contributed by atoms with Crippen LogP contribution in [0.1, 0.15) is 57.2 Å². The summed E-state index contributed by atoms with van der Waals surface area (Å²) in [4.78, 5) is 19.0. The Labute approximate surface area is 120 Å². The summed E-state index contributed by atoms with van der Waals surface area (Å²) in [5.41, 5.74) is 1.35. The molecule has 0 aromatic carbocycles. The summed E-state index contributed by atoms with van der Waals surface area (Å²) in [6, 6.07) is -0.138. The lowest BCUT2D eigenvalue weighted by atomic mass is 9.89. The van der Waals surface area contributed by atoms with Crippen LogP contribution in [0.15, 0.2) is 4.79 Å². The SMILES string of the molecule is Cc1nc(C)c(C(C)NCC(O)CC(C)(C)C)c(=O)[nH]1. The summed E-state index contributed by atoms with van der Waals surface area (Å²) in [5, 5.41) is 13.2. The molecule has 0 spiro atoms. The lowest BCUT2D eigenvalue weighted by Gasteiger charge is -2.24. The van der Waals surface area contributed by atoms with Gasteiger partial charge in [-0.2, -0.15) is 0 Å². The van der Waals surface area contributed by atoms with Crippen molar-refractivity contribution in [2.45, 2.75) is 60.1 Å². The van der Waals surface area contributed by atoms with Crippen LogP contribution in [0.25, 0.3) is 0 Å². The van der Waals surface area contributed by atoms with Crippen LogP contribution in [0, 0.1) is 19.3 Å². The molecular formula is C15H27N3O2. The lowest BCUT2D eigenvalue weighted by Crippen LogP contribution is -2.34. The summed E-state index contributed by atoms with van der Waals surface area (Å²) >= 11 is 0. The normalized spacial score (nSPS) is 15.2. The minimum Gasteiger partial charge on any atom is -0.392 e. The first-order chi connectivity index (χ1) is 9.10. The minimum atomic E-state index is -0.421. The van der Waals surface area contributed by atoms with Gasteiger partial charge in [0.2, 0.25) is 0 Å². The number of aliphatic hydroxyl groups excluding tert-OH is 1. The quantitative estimate of drug-likeness (QED) is 0.769. The lowest BCUT2D eigenvalue weighted by molar-refractivity contribution is 0.117. The van der Waals surface area contributed by atoms with Crippen molar-refractivity contribution in [2.75, 3.05) is 6.54 Å². The van der Waals surface area contributed by atoms with Crippen LogP contribution in [0.2, 0.25) is 0 Å². The highest BCUT2D eigenvalue weighted by Gasteiger charge is 2.19. The monoisotopic (exact) mass is 281 g/mol. The van der Waals surface area contributed by atoms with E-state index in [1.165, 1.54) is 0 Å². The summed E-state index contributed by atoms with van der Waals surface area (Å²) in [5.74, 6) is 0.621. The van der Waals surface area contributed by atoms with Crippen LogP contribution < -0.4 is 10.9 Å². The van der Waals surface area contributed by atoms with Crippen LogP contribution >= 0.6 is 0 Å². The Kier molecular flexibility index (Phi) is 5.48. The van der Waals surface area contributed by atoms with E-state index in [4.69, 9.17) is 0 Å². The molecule has 5 nitrogen and oxygen atoms in total. The predicted molar refractivity (Wildman–Crippen MR) is 80.8 cm³/mol. The zero-order valence-electron chi connectivity index (χ0n) is 13.4. The number of nitrogens with zero attached hydrogens (tertiary/aromatic N) is 1. The molecule has 0 aliphatic heterocycles. The summed E-state index contributed by atoms with van der Waals surface area (Å²) in [7, 11) is 0. The molecule has 0 amide bonds. The van der Waals surface area contributed by atoms with Gasteiger partial charge in [0.25, 0.3) is 5.56 Å². The predicted octanol–water partition coefficient (Wildman–Crippen LogP) is 1.83. The Balaban J connectivity index is 2.69. The molecule has 20 heavy (non-hydrogen) atoms. The first-order valence-electron chi connectivity index (χ1n) is 7.09. The highest BCUT2D eigenvalue weighted by Crippen LogP contribution is 2.20. The van der Waals surface area contributed by atoms with Crippen molar-refractivity contribution in [3.05, 3.63) is 27.4 Å². The molecule has 5 heteroatoms. The molecule has 1 heterocycles. The number of aliphatic hydroxyl groups is 1. The Morgan fingerprint density at radius 2 is 1.95 bits per heavy atom. The molecule has 0 aliphatic carbocycles. The summed E-state index contributed by atoms with van der Waals surface area (Å²) in [6.45, 7) is 12.3. The van der Waals surface area contributed by atoms with Crippen LogP contribution in [0.5, 0.6) is 0 Å². The second-order valence-corrected chi connectivity index (χ2v) is 6.70. The average Bonchev–Trinajstić information content (AvgIpc) is 2.22. The van der Waals surface area contributed by atoms with Gasteiger partial charge in [-0.05, 0) is 32.6 Å². The molecule has 0 saturated carbocycles. The van der Waals surface area contributed by atoms with Gasteiger partial charge in [-0.1, -0.05) is 20.8 Å². The molecule has 1 aromatic heterocycles. The minimum absolute atomic E-state index is 0.0864. The fourth-order valence-corrected chi connectivity index (χ4v) is 2.44. The van der Waals surface area contributed by atoms with Crippen LogP contribution in [-0.4, -0.2) is 27.7 Å². The molecule has 1 aromatic rings. The number of aryl methyl sites for hydroxylation is 2. The van der Waals surface area contributed by atoms with E-state index in [0.717, 1.165) is 5.69 Å². The maximum Gasteiger partial charge on any atom is 0.255 e. The molecule has 0 aliphatic rings. The highest BCUT2D eigenvalue weighted by molar-refractivity contribution is 5.19. The molecule has 0 fully saturated rings. The Morgan fingerprint density at radius 1 is 1.35 bits per heavy atom. The Bertz CT molecular complexity index is 503. The first kappa shape index (κ1) is 16.9. The van der Waals surface area contributed by atoms with Gasteiger partial charge < -0.3 is 15.4 Å². The van der Waals surface area contributed by atoms with E-state index in [1.54, 1.807) is 6.92 Å². The third-order valence-corrected chi connectivity index (χ3v) is 3.20. The molecule has 114 valence electrons. The van der Waals surface area contributed by atoms with E-state index in [1.807, 2.05) is 13.8 Å². The van der Waals surface area contributed by atoms with Crippen LogP contribution in [-0.2, 0) is 0 Å². The number of hydrogen-bond acceptors (Lipinski definition) is 4. The van der Waals surface area contributed by atoms with E-state index in [9.17, 15) is 9.90 Å². The largest absolute Gasteiger partial charge is 0.392 e.